The molecule has 2 nitrogen and oxygen atoms in total. The summed E-state index contributed by atoms with van der Waals surface area (Å²) < 4.78 is 9.25. The zero-order chi connectivity index (χ0) is 15.0. The normalized spacial score (nSPS) is 26.9. The monoisotopic (exact) mass is 479 g/mol. The Morgan fingerprint density at radius 2 is 1.81 bits per heavy atom. The van der Waals surface area contributed by atoms with Crippen LogP contribution in [0.25, 0.3) is 0 Å². The summed E-state index contributed by atoms with van der Waals surface area (Å²) in [6.45, 7) is 2.93. The first-order valence-corrected chi connectivity index (χ1v) is 9.97. The number of benzene rings is 1. The highest BCUT2D eigenvalue weighted by molar-refractivity contribution is 9.11. The van der Waals surface area contributed by atoms with Gasteiger partial charge in [0.25, 0.3) is 0 Å². The van der Waals surface area contributed by atoms with E-state index in [-0.39, 0.29) is 0 Å². The lowest BCUT2D eigenvalue weighted by molar-refractivity contribution is -0.114. The quantitative estimate of drug-likeness (QED) is 0.559. The number of ether oxygens (including phenoxy) is 1. The molecule has 116 valence electrons. The second-order valence-corrected chi connectivity index (χ2v) is 8.69. The van der Waals surface area contributed by atoms with E-state index < -0.39 is 0 Å². The summed E-state index contributed by atoms with van der Waals surface area (Å²) in [5.41, 5.74) is 1.51. The Bertz CT molecular complexity index is 505. The molecule has 0 aromatic heterocycles. The smallest absolute Gasteiger partial charge is 0.0670 e. The van der Waals surface area contributed by atoms with Gasteiger partial charge in [-0.2, -0.15) is 0 Å². The van der Waals surface area contributed by atoms with Gasteiger partial charge in [-0.3, -0.25) is 0 Å². The SMILES string of the molecule is CCOC1CC(Nc2c(Br)cc(Br)cc2Br)C12CCCC2. The minimum Gasteiger partial charge on any atom is -0.380 e. The van der Waals surface area contributed by atoms with Crippen LogP contribution in [0.5, 0.6) is 0 Å². The van der Waals surface area contributed by atoms with Crippen molar-refractivity contribution in [2.45, 2.75) is 51.2 Å². The van der Waals surface area contributed by atoms with E-state index in [0.717, 1.165) is 32.1 Å². The van der Waals surface area contributed by atoms with E-state index in [0.29, 0.717) is 17.6 Å². The van der Waals surface area contributed by atoms with Crippen LogP contribution >= 0.6 is 47.8 Å². The largest absolute Gasteiger partial charge is 0.380 e. The standard InChI is InChI=1S/C16H20Br3NO/c1-2-21-14-9-13(16(14)5-3-4-6-16)20-15-11(18)7-10(17)8-12(15)19/h7-8,13-14,20H,2-6,9H2,1H3. The molecule has 2 atom stereocenters. The molecule has 3 rings (SSSR count). The summed E-state index contributed by atoms with van der Waals surface area (Å²) in [5, 5.41) is 3.77. The number of rotatable bonds is 4. The molecule has 21 heavy (non-hydrogen) atoms. The minimum absolute atomic E-state index is 0.349. The van der Waals surface area contributed by atoms with Crippen LogP contribution in [0.15, 0.2) is 25.6 Å². The lowest BCUT2D eigenvalue weighted by Gasteiger charge is -2.54. The van der Waals surface area contributed by atoms with Crippen LogP contribution in [0, 0.1) is 5.41 Å². The fraction of sp³-hybridized carbons (Fsp3) is 0.625. The van der Waals surface area contributed by atoms with E-state index in [1.807, 2.05) is 0 Å². The van der Waals surface area contributed by atoms with Gasteiger partial charge in [-0.25, -0.2) is 0 Å². The van der Waals surface area contributed by atoms with Gasteiger partial charge >= 0.3 is 0 Å². The van der Waals surface area contributed by atoms with Crippen molar-refractivity contribution in [2.75, 3.05) is 11.9 Å². The Balaban J connectivity index is 1.80. The lowest BCUT2D eigenvalue weighted by Crippen LogP contribution is -2.60. The molecule has 0 radical (unpaired) electrons. The summed E-state index contributed by atoms with van der Waals surface area (Å²) in [6.07, 6.45) is 6.82. The predicted molar refractivity (Wildman–Crippen MR) is 97.9 cm³/mol. The van der Waals surface area contributed by atoms with Crippen LogP contribution in [0.1, 0.15) is 39.0 Å². The van der Waals surface area contributed by atoms with E-state index in [9.17, 15) is 0 Å². The summed E-state index contributed by atoms with van der Waals surface area (Å²) in [6, 6.07) is 4.70. The van der Waals surface area contributed by atoms with Gasteiger partial charge in [0.05, 0.1) is 11.8 Å². The molecule has 2 saturated carbocycles. The van der Waals surface area contributed by atoms with Crippen molar-refractivity contribution in [2.24, 2.45) is 5.41 Å². The molecule has 2 fully saturated rings. The van der Waals surface area contributed by atoms with Gasteiger partial charge in [-0.05, 0) is 70.2 Å². The average Bonchev–Trinajstić information content (AvgIpc) is 2.92. The summed E-state index contributed by atoms with van der Waals surface area (Å²) >= 11 is 10.9. The maximum absolute atomic E-state index is 5.99. The molecule has 2 aliphatic carbocycles. The van der Waals surface area contributed by atoms with Crippen LogP contribution in [0.3, 0.4) is 0 Å². The molecular formula is C16H20Br3NO. The van der Waals surface area contributed by atoms with Crippen LogP contribution in [-0.2, 0) is 4.74 Å². The number of nitrogens with one attached hydrogen (secondary N) is 1. The van der Waals surface area contributed by atoms with Gasteiger partial charge in [0.1, 0.15) is 0 Å². The first-order chi connectivity index (χ1) is 10.1. The highest BCUT2D eigenvalue weighted by Crippen LogP contribution is 2.56. The molecule has 1 aromatic rings. The Kier molecular flexibility index (Phi) is 5.04. The van der Waals surface area contributed by atoms with Crippen LogP contribution < -0.4 is 5.32 Å². The summed E-state index contributed by atoms with van der Waals surface area (Å²) in [7, 11) is 0. The van der Waals surface area contributed by atoms with Crippen LogP contribution in [0.2, 0.25) is 0 Å². The molecule has 0 aliphatic heterocycles. The van der Waals surface area contributed by atoms with Crippen molar-refractivity contribution >= 4 is 53.5 Å². The van der Waals surface area contributed by atoms with Crippen molar-refractivity contribution in [1.29, 1.82) is 0 Å². The van der Waals surface area contributed by atoms with Crippen LogP contribution in [0.4, 0.5) is 5.69 Å². The number of hydrogen-bond donors (Lipinski definition) is 1. The maximum Gasteiger partial charge on any atom is 0.0670 e. The summed E-state index contributed by atoms with van der Waals surface area (Å²) in [4.78, 5) is 0. The molecule has 1 spiro atoms. The molecule has 0 amide bonds. The van der Waals surface area contributed by atoms with Crippen molar-refractivity contribution < 1.29 is 4.74 Å². The molecule has 0 heterocycles. The second-order valence-electron chi connectivity index (χ2n) is 6.06. The van der Waals surface area contributed by atoms with Gasteiger partial charge in [0.15, 0.2) is 0 Å². The fourth-order valence-corrected chi connectivity index (χ4v) is 6.43. The lowest BCUT2D eigenvalue weighted by atomic mass is 9.60. The molecule has 1 N–H and O–H groups in total. The number of anilines is 1. The number of hydrogen-bond acceptors (Lipinski definition) is 2. The van der Waals surface area contributed by atoms with Gasteiger partial charge in [0, 0.05) is 31.5 Å². The van der Waals surface area contributed by atoms with Gasteiger partial charge in [-0.15, -0.1) is 0 Å². The van der Waals surface area contributed by atoms with Gasteiger partial charge in [0.2, 0.25) is 0 Å². The third kappa shape index (κ3) is 2.96. The van der Waals surface area contributed by atoms with E-state index in [4.69, 9.17) is 4.74 Å². The van der Waals surface area contributed by atoms with Crippen molar-refractivity contribution in [3.63, 3.8) is 0 Å². The molecule has 2 aliphatic rings. The molecule has 0 bridgehead atoms. The highest BCUT2D eigenvalue weighted by atomic mass is 79.9. The van der Waals surface area contributed by atoms with Crippen LogP contribution in [-0.4, -0.2) is 18.8 Å². The van der Waals surface area contributed by atoms with Gasteiger partial charge in [-0.1, -0.05) is 28.8 Å². The van der Waals surface area contributed by atoms with Crippen molar-refractivity contribution in [3.05, 3.63) is 25.6 Å². The third-order valence-electron chi connectivity index (χ3n) is 5.01. The number of halogens is 3. The Morgan fingerprint density at radius 3 is 2.38 bits per heavy atom. The second kappa shape index (κ2) is 6.50. The van der Waals surface area contributed by atoms with E-state index in [2.05, 4.69) is 72.2 Å². The zero-order valence-electron chi connectivity index (χ0n) is 12.1. The Morgan fingerprint density at radius 1 is 1.19 bits per heavy atom. The Labute approximate surface area is 151 Å². The molecular weight excluding hydrogens is 462 g/mol. The fourth-order valence-electron chi connectivity index (χ4n) is 3.94. The maximum atomic E-state index is 5.99. The first-order valence-electron chi connectivity index (χ1n) is 7.59. The van der Waals surface area contributed by atoms with Crippen molar-refractivity contribution in [1.82, 2.24) is 0 Å². The van der Waals surface area contributed by atoms with E-state index in [1.165, 1.54) is 25.7 Å². The zero-order valence-corrected chi connectivity index (χ0v) is 16.9. The third-order valence-corrected chi connectivity index (χ3v) is 6.72. The molecule has 0 saturated heterocycles. The topological polar surface area (TPSA) is 21.3 Å². The predicted octanol–water partition coefficient (Wildman–Crippen LogP) is 6.12. The molecule has 5 heteroatoms. The summed E-state index contributed by atoms with van der Waals surface area (Å²) in [5.74, 6) is 0. The first kappa shape index (κ1) is 16.3. The molecule has 2 unspecified atom stereocenters. The van der Waals surface area contributed by atoms with Crippen molar-refractivity contribution in [3.8, 4) is 0 Å². The molecule has 1 aromatic carbocycles. The van der Waals surface area contributed by atoms with E-state index in [1.54, 1.807) is 0 Å². The average molecular weight is 482 g/mol. The Hall–Kier alpha value is 0.420. The van der Waals surface area contributed by atoms with E-state index >= 15 is 0 Å². The highest BCUT2D eigenvalue weighted by Gasteiger charge is 2.56. The van der Waals surface area contributed by atoms with Gasteiger partial charge < -0.3 is 10.1 Å². The minimum atomic E-state index is 0.349.